The molecule has 1 aromatic heterocycles. The predicted molar refractivity (Wildman–Crippen MR) is 96.7 cm³/mol. The fourth-order valence-electron chi connectivity index (χ4n) is 3.95. The molecular formula is C20H23N3O2. The summed E-state index contributed by atoms with van der Waals surface area (Å²) < 4.78 is 6.42. The Labute approximate surface area is 148 Å². The zero-order valence-electron chi connectivity index (χ0n) is 14.4. The fraction of sp³-hybridized carbons (Fsp3) is 0.400. The van der Waals surface area contributed by atoms with Gasteiger partial charge >= 0.3 is 0 Å². The largest absolute Gasteiger partial charge is 0.484 e. The van der Waals surface area contributed by atoms with Gasteiger partial charge in [-0.2, -0.15) is 0 Å². The first-order chi connectivity index (χ1) is 12.2. The standard InChI is InChI=1S/C20H23N3O2/c1-14(24)22-19-13-16(8-9-21-19)25-20-17-7-3-2-6-15(17)12-18(20)23-10-4-5-11-23/h2-3,6-9,13,18,20H,4-5,10-12H2,1H3,(H,21,22,24)/t18-,20-/m0/s1. The summed E-state index contributed by atoms with van der Waals surface area (Å²) in [4.78, 5) is 18.0. The van der Waals surface area contributed by atoms with Crippen LogP contribution in [0.3, 0.4) is 0 Å². The normalized spacial score (nSPS) is 22.6. The number of hydrogen-bond acceptors (Lipinski definition) is 4. The van der Waals surface area contributed by atoms with Gasteiger partial charge < -0.3 is 10.1 Å². The third kappa shape index (κ3) is 3.37. The molecular weight excluding hydrogens is 314 g/mol. The molecule has 1 aliphatic carbocycles. The predicted octanol–water partition coefficient (Wildman–Crippen LogP) is 3.18. The minimum Gasteiger partial charge on any atom is -0.484 e. The lowest BCUT2D eigenvalue weighted by Gasteiger charge is -2.30. The first kappa shape index (κ1) is 16.1. The van der Waals surface area contributed by atoms with Crippen LogP contribution in [0, 0.1) is 0 Å². The highest BCUT2D eigenvalue weighted by Gasteiger charge is 2.38. The van der Waals surface area contributed by atoms with Gasteiger partial charge in [0.1, 0.15) is 17.7 Å². The van der Waals surface area contributed by atoms with Crippen molar-refractivity contribution < 1.29 is 9.53 Å². The van der Waals surface area contributed by atoms with Crippen molar-refractivity contribution in [3.05, 3.63) is 53.7 Å². The minimum absolute atomic E-state index is 0.0156. The molecule has 0 saturated carbocycles. The summed E-state index contributed by atoms with van der Waals surface area (Å²) in [7, 11) is 0. The molecule has 2 atom stereocenters. The molecule has 2 heterocycles. The van der Waals surface area contributed by atoms with Crippen LogP contribution in [0.25, 0.3) is 0 Å². The Morgan fingerprint density at radius 1 is 1.24 bits per heavy atom. The molecule has 1 amide bonds. The van der Waals surface area contributed by atoms with Gasteiger partial charge in [-0.05, 0) is 49.5 Å². The van der Waals surface area contributed by atoms with E-state index in [0.717, 1.165) is 25.3 Å². The first-order valence-electron chi connectivity index (χ1n) is 8.93. The molecule has 4 rings (SSSR count). The van der Waals surface area contributed by atoms with Crippen molar-refractivity contribution >= 4 is 11.7 Å². The summed E-state index contributed by atoms with van der Waals surface area (Å²) in [6.07, 6.45) is 5.25. The van der Waals surface area contributed by atoms with E-state index in [1.54, 1.807) is 12.3 Å². The molecule has 130 valence electrons. The van der Waals surface area contributed by atoms with Crippen molar-refractivity contribution in [2.75, 3.05) is 18.4 Å². The summed E-state index contributed by atoms with van der Waals surface area (Å²) in [6, 6.07) is 12.6. The van der Waals surface area contributed by atoms with Crippen LogP contribution < -0.4 is 10.1 Å². The van der Waals surface area contributed by atoms with Crippen LogP contribution in [0.15, 0.2) is 42.6 Å². The van der Waals surface area contributed by atoms with E-state index in [2.05, 4.69) is 39.5 Å². The molecule has 0 spiro atoms. The van der Waals surface area contributed by atoms with E-state index in [1.807, 2.05) is 6.07 Å². The molecule has 2 aromatic rings. The maximum atomic E-state index is 11.3. The van der Waals surface area contributed by atoms with E-state index in [-0.39, 0.29) is 12.0 Å². The van der Waals surface area contributed by atoms with Gasteiger partial charge in [0, 0.05) is 19.2 Å². The van der Waals surface area contributed by atoms with E-state index in [1.165, 1.54) is 30.9 Å². The average Bonchev–Trinajstić information content (AvgIpc) is 3.23. The number of carbonyl (C=O) groups is 1. The molecule has 0 radical (unpaired) electrons. The van der Waals surface area contributed by atoms with Gasteiger partial charge in [0.25, 0.3) is 0 Å². The number of pyridine rings is 1. The van der Waals surface area contributed by atoms with Crippen LogP contribution in [0.1, 0.15) is 37.0 Å². The Morgan fingerprint density at radius 3 is 2.84 bits per heavy atom. The summed E-state index contributed by atoms with van der Waals surface area (Å²) in [5, 5.41) is 2.72. The monoisotopic (exact) mass is 337 g/mol. The number of likely N-dealkylation sites (tertiary alicyclic amines) is 1. The molecule has 1 fully saturated rings. The highest BCUT2D eigenvalue weighted by atomic mass is 16.5. The number of rotatable bonds is 4. The quantitative estimate of drug-likeness (QED) is 0.931. The van der Waals surface area contributed by atoms with Gasteiger partial charge in [0.2, 0.25) is 5.91 Å². The molecule has 25 heavy (non-hydrogen) atoms. The SMILES string of the molecule is CC(=O)Nc1cc(O[C@H]2c3ccccc3C[C@@H]2N2CCCC2)ccn1. The number of aromatic nitrogens is 1. The molecule has 2 aliphatic rings. The Morgan fingerprint density at radius 2 is 2.04 bits per heavy atom. The number of nitrogens with one attached hydrogen (secondary N) is 1. The van der Waals surface area contributed by atoms with E-state index in [4.69, 9.17) is 4.74 Å². The molecule has 1 N–H and O–H groups in total. The summed E-state index contributed by atoms with van der Waals surface area (Å²) in [5.41, 5.74) is 2.65. The van der Waals surface area contributed by atoms with Crippen LogP contribution in [0.2, 0.25) is 0 Å². The number of hydrogen-bond donors (Lipinski definition) is 1. The van der Waals surface area contributed by atoms with Crippen molar-refractivity contribution in [3.63, 3.8) is 0 Å². The van der Waals surface area contributed by atoms with Crippen molar-refractivity contribution in [1.29, 1.82) is 0 Å². The van der Waals surface area contributed by atoms with Crippen LogP contribution in [0.5, 0.6) is 5.75 Å². The molecule has 1 saturated heterocycles. The molecule has 1 aromatic carbocycles. The molecule has 5 heteroatoms. The Hall–Kier alpha value is -2.40. The summed E-state index contributed by atoms with van der Waals surface area (Å²) >= 11 is 0. The van der Waals surface area contributed by atoms with Crippen molar-refractivity contribution in [2.45, 2.75) is 38.3 Å². The smallest absolute Gasteiger partial charge is 0.222 e. The first-order valence-corrected chi connectivity index (χ1v) is 8.93. The zero-order chi connectivity index (χ0) is 17.2. The van der Waals surface area contributed by atoms with Gasteiger partial charge in [-0.1, -0.05) is 24.3 Å². The van der Waals surface area contributed by atoms with Crippen LogP contribution in [-0.4, -0.2) is 34.9 Å². The van der Waals surface area contributed by atoms with E-state index in [9.17, 15) is 4.79 Å². The molecule has 5 nitrogen and oxygen atoms in total. The van der Waals surface area contributed by atoms with Gasteiger partial charge in [-0.3, -0.25) is 9.69 Å². The highest BCUT2D eigenvalue weighted by molar-refractivity contribution is 5.87. The van der Waals surface area contributed by atoms with E-state index >= 15 is 0 Å². The lowest BCUT2D eigenvalue weighted by atomic mass is 10.1. The minimum atomic E-state index is -0.134. The summed E-state index contributed by atoms with van der Waals surface area (Å²) in [6.45, 7) is 3.77. The highest BCUT2D eigenvalue weighted by Crippen LogP contribution is 2.39. The van der Waals surface area contributed by atoms with Crippen molar-refractivity contribution in [1.82, 2.24) is 9.88 Å². The van der Waals surface area contributed by atoms with Gasteiger partial charge in [0.15, 0.2) is 0 Å². The third-order valence-corrected chi connectivity index (χ3v) is 5.05. The van der Waals surface area contributed by atoms with Gasteiger partial charge in [0.05, 0.1) is 6.04 Å². The number of amides is 1. The number of fused-ring (bicyclic) bond motifs is 1. The number of ether oxygens (including phenoxy) is 1. The van der Waals surface area contributed by atoms with Crippen molar-refractivity contribution in [2.24, 2.45) is 0 Å². The average molecular weight is 337 g/mol. The molecule has 0 unspecified atom stereocenters. The second-order valence-electron chi connectivity index (χ2n) is 6.81. The van der Waals surface area contributed by atoms with Crippen LogP contribution in [0.4, 0.5) is 5.82 Å². The second kappa shape index (κ2) is 6.84. The van der Waals surface area contributed by atoms with E-state index in [0.29, 0.717) is 11.9 Å². The maximum absolute atomic E-state index is 11.3. The zero-order valence-corrected chi connectivity index (χ0v) is 14.4. The van der Waals surface area contributed by atoms with Crippen LogP contribution in [-0.2, 0) is 11.2 Å². The number of benzene rings is 1. The lowest BCUT2D eigenvalue weighted by Crippen LogP contribution is -2.38. The second-order valence-corrected chi connectivity index (χ2v) is 6.81. The van der Waals surface area contributed by atoms with Crippen molar-refractivity contribution in [3.8, 4) is 5.75 Å². The molecule has 0 bridgehead atoms. The lowest BCUT2D eigenvalue weighted by molar-refractivity contribution is -0.114. The number of nitrogens with zero attached hydrogens (tertiary/aromatic N) is 2. The Kier molecular flexibility index (Phi) is 4.40. The third-order valence-electron chi connectivity index (χ3n) is 5.05. The topological polar surface area (TPSA) is 54.5 Å². The fourth-order valence-corrected chi connectivity index (χ4v) is 3.95. The molecule has 1 aliphatic heterocycles. The van der Waals surface area contributed by atoms with Gasteiger partial charge in [-0.15, -0.1) is 0 Å². The Balaban J connectivity index is 1.60. The maximum Gasteiger partial charge on any atom is 0.222 e. The summed E-state index contributed by atoms with van der Waals surface area (Å²) in [5.74, 6) is 1.13. The van der Waals surface area contributed by atoms with E-state index < -0.39 is 0 Å². The van der Waals surface area contributed by atoms with Crippen LogP contribution >= 0.6 is 0 Å². The van der Waals surface area contributed by atoms with Gasteiger partial charge in [-0.25, -0.2) is 4.98 Å². The number of carbonyl (C=O) groups excluding carboxylic acids is 1. The number of anilines is 1. The Bertz CT molecular complexity index is 771.